The number of guanidine groups is 1. The van der Waals surface area contributed by atoms with E-state index >= 15 is 0 Å². The number of ether oxygens (including phenoxy) is 2. The molecule has 1 saturated heterocycles. The summed E-state index contributed by atoms with van der Waals surface area (Å²) < 4.78 is 11.7. The second-order valence-electron chi connectivity index (χ2n) is 8.56. The van der Waals surface area contributed by atoms with E-state index in [1.165, 1.54) is 12.8 Å². The normalized spacial score (nSPS) is 26.7. The van der Waals surface area contributed by atoms with Gasteiger partial charge < -0.3 is 25.2 Å². The summed E-state index contributed by atoms with van der Waals surface area (Å²) in [6, 6.07) is 4.00. The van der Waals surface area contributed by atoms with E-state index < -0.39 is 0 Å². The second-order valence-corrected chi connectivity index (χ2v) is 8.56. The fourth-order valence-corrected chi connectivity index (χ4v) is 4.13. The van der Waals surface area contributed by atoms with Crippen LogP contribution in [-0.2, 0) is 11.3 Å². The zero-order valence-corrected chi connectivity index (χ0v) is 20.6. The fraction of sp³-hybridized carbons (Fsp3) is 0.727. The lowest BCUT2D eigenvalue weighted by Gasteiger charge is -2.27. The first-order valence-corrected chi connectivity index (χ1v) is 10.9. The highest BCUT2D eigenvalue weighted by Crippen LogP contribution is 2.31. The van der Waals surface area contributed by atoms with Gasteiger partial charge >= 0.3 is 0 Å². The van der Waals surface area contributed by atoms with Crippen molar-refractivity contribution in [3.8, 4) is 5.88 Å². The van der Waals surface area contributed by atoms with Crippen molar-refractivity contribution in [3.63, 3.8) is 0 Å². The van der Waals surface area contributed by atoms with Gasteiger partial charge in [0.05, 0.1) is 6.61 Å². The third kappa shape index (κ3) is 7.53. The van der Waals surface area contributed by atoms with Gasteiger partial charge in [-0.1, -0.05) is 6.92 Å². The maximum absolute atomic E-state index is 9.38. The van der Waals surface area contributed by atoms with E-state index in [2.05, 4.69) is 27.5 Å². The minimum Gasteiger partial charge on any atom is -0.474 e. The quantitative estimate of drug-likeness (QED) is 0.271. The first-order chi connectivity index (χ1) is 14.1. The first kappa shape index (κ1) is 25.1. The van der Waals surface area contributed by atoms with Crippen LogP contribution in [0.25, 0.3) is 0 Å². The zero-order chi connectivity index (χ0) is 20.5. The Morgan fingerprint density at radius 2 is 2.13 bits per heavy atom. The van der Waals surface area contributed by atoms with Crippen molar-refractivity contribution in [3.05, 3.63) is 23.9 Å². The van der Waals surface area contributed by atoms with Gasteiger partial charge in [0.2, 0.25) is 5.88 Å². The van der Waals surface area contributed by atoms with E-state index in [1.807, 2.05) is 12.1 Å². The average molecular weight is 532 g/mol. The van der Waals surface area contributed by atoms with Crippen LogP contribution in [-0.4, -0.2) is 55.6 Å². The number of hydrogen-bond acceptors (Lipinski definition) is 5. The van der Waals surface area contributed by atoms with E-state index in [-0.39, 0.29) is 42.1 Å². The van der Waals surface area contributed by atoms with Crippen LogP contribution < -0.4 is 15.4 Å². The SMILES string of the molecule is CN=C(NCc1ccnc(OC2CCC(C)CC2)c1)NCC1(CCO)CCOC1.I. The lowest BCUT2D eigenvalue weighted by Crippen LogP contribution is -2.44. The number of halogens is 1. The molecule has 1 aromatic rings. The summed E-state index contributed by atoms with van der Waals surface area (Å²) in [4.78, 5) is 8.71. The van der Waals surface area contributed by atoms with E-state index in [0.717, 1.165) is 56.3 Å². The van der Waals surface area contributed by atoms with Crippen molar-refractivity contribution in [1.29, 1.82) is 0 Å². The monoisotopic (exact) mass is 532 g/mol. The van der Waals surface area contributed by atoms with Gasteiger partial charge in [0.15, 0.2) is 5.96 Å². The highest BCUT2D eigenvalue weighted by atomic mass is 127. The number of pyridine rings is 1. The molecule has 2 aliphatic rings. The molecular weight excluding hydrogens is 495 g/mol. The summed E-state index contributed by atoms with van der Waals surface area (Å²) in [5.41, 5.74) is 1.10. The number of hydrogen-bond donors (Lipinski definition) is 3. The molecule has 2 heterocycles. The van der Waals surface area contributed by atoms with Crippen LogP contribution in [0, 0.1) is 11.3 Å². The third-order valence-electron chi connectivity index (χ3n) is 6.19. The van der Waals surface area contributed by atoms with Gasteiger partial charge in [-0.3, -0.25) is 4.99 Å². The number of aliphatic imine (C=N–C) groups is 1. The molecule has 2 fully saturated rings. The minimum atomic E-state index is -0.0124. The van der Waals surface area contributed by atoms with E-state index in [1.54, 1.807) is 13.2 Å². The Morgan fingerprint density at radius 3 is 2.80 bits per heavy atom. The van der Waals surface area contributed by atoms with E-state index in [4.69, 9.17) is 9.47 Å². The summed E-state index contributed by atoms with van der Waals surface area (Å²) in [6.45, 7) is 5.31. The summed E-state index contributed by atoms with van der Waals surface area (Å²) in [6.07, 6.45) is 8.48. The Labute approximate surface area is 197 Å². The molecule has 0 bridgehead atoms. The predicted octanol–water partition coefficient (Wildman–Crippen LogP) is 3.11. The Bertz CT molecular complexity index is 660. The average Bonchev–Trinajstić information content (AvgIpc) is 3.19. The number of aromatic nitrogens is 1. The number of nitrogens with zero attached hydrogens (tertiary/aromatic N) is 2. The van der Waals surface area contributed by atoms with Gasteiger partial charge in [-0.2, -0.15) is 0 Å². The molecule has 1 aliphatic carbocycles. The number of rotatable bonds is 8. The molecule has 7 nitrogen and oxygen atoms in total. The number of aliphatic hydroxyl groups is 1. The van der Waals surface area contributed by atoms with Crippen molar-refractivity contribution >= 4 is 29.9 Å². The van der Waals surface area contributed by atoms with Gasteiger partial charge in [-0.15, -0.1) is 24.0 Å². The maximum atomic E-state index is 9.38. The Kier molecular flexibility index (Phi) is 10.6. The van der Waals surface area contributed by atoms with Crippen molar-refractivity contribution in [2.24, 2.45) is 16.3 Å². The summed E-state index contributed by atoms with van der Waals surface area (Å²) in [5, 5.41) is 16.1. The molecule has 0 spiro atoms. The fourth-order valence-electron chi connectivity index (χ4n) is 4.13. The maximum Gasteiger partial charge on any atom is 0.213 e. The minimum absolute atomic E-state index is 0. The molecule has 1 aromatic heterocycles. The Balaban J connectivity index is 0.00000320. The Morgan fingerprint density at radius 1 is 1.33 bits per heavy atom. The molecule has 1 atom stereocenters. The van der Waals surface area contributed by atoms with Crippen molar-refractivity contribution in [2.75, 3.05) is 33.4 Å². The second kappa shape index (κ2) is 12.7. The van der Waals surface area contributed by atoms with E-state index in [9.17, 15) is 5.11 Å². The molecule has 0 amide bonds. The zero-order valence-electron chi connectivity index (χ0n) is 18.2. The molecular formula is C22H37IN4O3. The van der Waals surface area contributed by atoms with Crippen LogP contribution in [0.4, 0.5) is 0 Å². The van der Waals surface area contributed by atoms with Crippen LogP contribution >= 0.6 is 24.0 Å². The third-order valence-corrected chi connectivity index (χ3v) is 6.19. The molecule has 0 radical (unpaired) electrons. The van der Waals surface area contributed by atoms with Crippen LogP contribution in [0.1, 0.15) is 51.0 Å². The standard InChI is InChI=1S/C22H36N4O3.HI/c1-17-3-5-19(6-4-17)29-20-13-18(7-10-24-20)14-25-21(23-2)26-15-22(8-11-27)9-12-28-16-22;/h7,10,13,17,19,27H,3-6,8-9,11-12,14-16H2,1-2H3,(H2,23,25,26);1H. The molecule has 30 heavy (non-hydrogen) atoms. The largest absolute Gasteiger partial charge is 0.474 e. The molecule has 1 saturated carbocycles. The molecule has 0 aromatic carbocycles. The summed E-state index contributed by atoms with van der Waals surface area (Å²) in [5.74, 6) is 2.26. The van der Waals surface area contributed by atoms with E-state index in [0.29, 0.717) is 19.0 Å². The van der Waals surface area contributed by atoms with Crippen LogP contribution in [0.2, 0.25) is 0 Å². The van der Waals surface area contributed by atoms with Gasteiger partial charge in [-0.05, 0) is 56.1 Å². The predicted molar refractivity (Wildman–Crippen MR) is 129 cm³/mol. The van der Waals surface area contributed by atoms with Crippen LogP contribution in [0.5, 0.6) is 5.88 Å². The molecule has 1 aliphatic heterocycles. The summed E-state index contributed by atoms with van der Waals surface area (Å²) in [7, 11) is 1.77. The lowest BCUT2D eigenvalue weighted by atomic mass is 9.84. The van der Waals surface area contributed by atoms with Crippen molar-refractivity contribution in [1.82, 2.24) is 15.6 Å². The summed E-state index contributed by atoms with van der Waals surface area (Å²) >= 11 is 0. The van der Waals surface area contributed by atoms with Gasteiger partial charge in [0.1, 0.15) is 6.10 Å². The Hall–Kier alpha value is -1.13. The number of aliphatic hydroxyl groups excluding tert-OH is 1. The lowest BCUT2D eigenvalue weighted by molar-refractivity contribution is 0.127. The van der Waals surface area contributed by atoms with Crippen LogP contribution in [0.3, 0.4) is 0 Å². The highest BCUT2D eigenvalue weighted by molar-refractivity contribution is 14.0. The van der Waals surface area contributed by atoms with Crippen LogP contribution in [0.15, 0.2) is 23.3 Å². The molecule has 1 unspecified atom stereocenters. The first-order valence-electron chi connectivity index (χ1n) is 10.9. The van der Waals surface area contributed by atoms with Crippen molar-refractivity contribution in [2.45, 2.75) is 58.1 Å². The van der Waals surface area contributed by atoms with Gasteiger partial charge in [0.25, 0.3) is 0 Å². The molecule has 3 N–H and O–H groups in total. The molecule has 170 valence electrons. The molecule has 3 rings (SSSR count). The molecule has 8 heteroatoms. The number of nitrogens with one attached hydrogen (secondary N) is 2. The van der Waals surface area contributed by atoms with Gasteiger partial charge in [-0.25, -0.2) is 4.98 Å². The highest BCUT2D eigenvalue weighted by Gasteiger charge is 2.34. The topological polar surface area (TPSA) is 88.0 Å². The van der Waals surface area contributed by atoms with Crippen molar-refractivity contribution < 1.29 is 14.6 Å². The van der Waals surface area contributed by atoms with Gasteiger partial charge in [0, 0.05) is 51.0 Å². The smallest absolute Gasteiger partial charge is 0.213 e.